The summed E-state index contributed by atoms with van der Waals surface area (Å²) in [7, 11) is 0. The maximum absolute atomic E-state index is 8.93. The Labute approximate surface area is 123 Å². The van der Waals surface area contributed by atoms with Crippen LogP contribution in [-0.4, -0.2) is 42.6 Å². The predicted octanol–water partition coefficient (Wildman–Crippen LogP) is 0.306. The number of aliphatic carboxylic acids is 2. The zero-order chi connectivity index (χ0) is 15.3. The van der Waals surface area contributed by atoms with Crippen molar-refractivity contribution < 1.29 is 24.3 Å². The normalized spacial score (nSPS) is 10.0. The second kappa shape index (κ2) is 14.3. The van der Waals surface area contributed by atoms with Gasteiger partial charge in [-0.05, 0) is 25.7 Å². The molecule has 0 fully saturated rings. The van der Waals surface area contributed by atoms with E-state index in [0.717, 1.165) is 0 Å². The van der Waals surface area contributed by atoms with Gasteiger partial charge in [-0.15, -0.1) is 0 Å². The van der Waals surface area contributed by atoms with Crippen LogP contribution < -0.4 is 16.4 Å². The van der Waals surface area contributed by atoms with Gasteiger partial charge >= 0.3 is 0 Å². The van der Waals surface area contributed by atoms with Gasteiger partial charge < -0.3 is 30.4 Å². The maximum Gasteiger partial charge on any atom is 0.0870 e. The molecular formula is C14H32N2O4. The van der Waals surface area contributed by atoms with Gasteiger partial charge in [0.15, 0.2) is 0 Å². The molecule has 4 N–H and O–H groups in total. The fraction of sp³-hybridized carbons (Fsp3) is 0.857. The summed E-state index contributed by atoms with van der Waals surface area (Å²) < 4.78 is 1.38. The van der Waals surface area contributed by atoms with Crippen LogP contribution in [0.1, 0.15) is 53.4 Å². The summed E-state index contributed by atoms with van der Waals surface area (Å²) in [5, 5.41) is 17.9. The number of rotatable bonds is 8. The highest BCUT2D eigenvalue weighted by molar-refractivity contribution is 6.25. The van der Waals surface area contributed by atoms with Gasteiger partial charge in [0.25, 0.3) is 0 Å². The van der Waals surface area contributed by atoms with Gasteiger partial charge in [0.1, 0.15) is 0 Å². The second-order valence-corrected chi connectivity index (χ2v) is 4.81. The average Bonchev–Trinajstić information content (AvgIpc) is 2.31. The van der Waals surface area contributed by atoms with Gasteiger partial charge in [0.2, 0.25) is 0 Å². The highest BCUT2D eigenvalue weighted by Crippen LogP contribution is 2.12. The Kier molecular flexibility index (Phi) is 17.1. The zero-order valence-electron chi connectivity index (χ0n) is 13.7. The molecule has 6 heteroatoms. The predicted molar refractivity (Wildman–Crippen MR) is 76.9 cm³/mol. The van der Waals surface area contributed by atoms with Crippen molar-refractivity contribution in [3.8, 4) is 0 Å². The van der Waals surface area contributed by atoms with Gasteiger partial charge in [0.05, 0.1) is 38.1 Å². The molecule has 0 amide bonds. The number of quaternary nitrogens is 2. The molecule has 0 aromatic heterocycles. The van der Waals surface area contributed by atoms with Crippen molar-refractivity contribution in [1.29, 1.82) is 0 Å². The van der Waals surface area contributed by atoms with Gasteiger partial charge in [-0.2, -0.15) is 0 Å². The van der Waals surface area contributed by atoms with E-state index in [2.05, 4.69) is 27.7 Å². The van der Waals surface area contributed by atoms with Crippen molar-refractivity contribution in [2.24, 2.45) is 0 Å². The number of carbonyl (C=O) groups excluding carboxylic acids is 2. The van der Waals surface area contributed by atoms with E-state index in [1.165, 1.54) is 56.3 Å². The van der Waals surface area contributed by atoms with Gasteiger partial charge in [-0.1, -0.05) is 27.7 Å². The van der Waals surface area contributed by atoms with Gasteiger partial charge in [-0.25, -0.2) is 0 Å². The minimum atomic E-state index is -2.19. The van der Waals surface area contributed by atoms with E-state index in [9.17, 15) is 0 Å². The first-order valence-electron chi connectivity index (χ1n) is 7.16. The van der Waals surface area contributed by atoms with Gasteiger partial charge in [-0.3, -0.25) is 0 Å². The fourth-order valence-corrected chi connectivity index (χ4v) is 2.57. The zero-order valence-corrected chi connectivity index (χ0v) is 13.7. The quantitative estimate of drug-likeness (QED) is 0.511. The Balaban J connectivity index is -0.000000352. The summed E-state index contributed by atoms with van der Waals surface area (Å²) >= 11 is 0. The van der Waals surface area contributed by atoms with Crippen LogP contribution in [0, 0.1) is 0 Å². The first-order valence-corrected chi connectivity index (χ1v) is 7.16. The summed E-state index contributed by atoms with van der Waals surface area (Å²) in [5.41, 5.74) is 0. The van der Waals surface area contributed by atoms with Crippen LogP contribution in [-0.2, 0) is 9.59 Å². The Morgan fingerprint density at radius 2 is 0.900 bits per heavy atom. The molecule has 20 heavy (non-hydrogen) atoms. The van der Waals surface area contributed by atoms with E-state index in [1.807, 2.05) is 0 Å². The fourth-order valence-electron chi connectivity index (χ4n) is 2.57. The van der Waals surface area contributed by atoms with E-state index in [4.69, 9.17) is 19.8 Å². The lowest BCUT2D eigenvalue weighted by atomic mass is 10.2. The highest BCUT2D eigenvalue weighted by atomic mass is 16.4. The molecule has 0 spiro atoms. The lowest BCUT2D eigenvalue weighted by Gasteiger charge is -2.38. The average molecular weight is 292 g/mol. The van der Waals surface area contributed by atoms with E-state index >= 15 is 0 Å². The molecule has 0 bridgehead atoms. The van der Waals surface area contributed by atoms with Crippen molar-refractivity contribution in [1.82, 2.24) is 6.15 Å². The smallest absolute Gasteiger partial charge is 0.0870 e. The molecule has 0 radical (unpaired) electrons. The molecule has 0 saturated heterocycles. The highest BCUT2D eigenvalue weighted by Gasteiger charge is 2.22. The van der Waals surface area contributed by atoms with Crippen LogP contribution in [0.15, 0.2) is 0 Å². The molecule has 0 aromatic carbocycles. The standard InChI is InChI=1S/C12H28N.C2H2O4.H3N/c1-5-9-13(10-6-2,11-7-3)12-8-4;3-1(4)2(5)6;/h5-12H2,1-4H3;(H,3,4)(H,5,6);1H3/q+1;;/p-1. The molecule has 6 nitrogen and oxygen atoms in total. The topological polar surface area (TPSA) is 117 Å². The first kappa shape index (κ1) is 23.9. The van der Waals surface area contributed by atoms with E-state index in [1.54, 1.807) is 0 Å². The third-order valence-electron chi connectivity index (χ3n) is 2.96. The number of hydrogen-bond acceptors (Lipinski definition) is 4. The molecule has 0 aliphatic carbocycles. The first-order chi connectivity index (χ1) is 8.89. The van der Waals surface area contributed by atoms with Crippen molar-refractivity contribution >= 4 is 11.9 Å². The summed E-state index contributed by atoms with van der Waals surface area (Å²) in [6.07, 6.45) is 5.33. The molecule has 122 valence electrons. The monoisotopic (exact) mass is 292 g/mol. The van der Waals surface area contributed by atoms with Gasteiger partial charge in [0, 0.05) is 0 Å². The Bertz CT molecular complexity index is 216. The molecule has 0 saturated carbocycles. The maximum atomic E-state index is 8.93. The summed E-state index contributed by atoms with van der Waals surface area (Å²) in [4.78, 5) is 17.9. The summed E-state index contributed by atoms with van der Waals surface area (Å²) in [5.74, 6) is -4.37. The third-order valence-corrected chi connectivity index (χ3v) is 2.96. The molecule has 0 aliphatic rings. The molecular weight excluding hydrogens is 260 g/mol. The molecule has 0 atom stereocenters. The number of hydrogen-bond donors (Lipinski definition) is 1. The number of nitrogens with zero attached hydrogens (tertiary/aromatic N) is 1. The SMILES string of the molecule is CCC[N+](CCC)(CCC)CCC.O=C([O-])C(=O)[O-].[NH4+]. The van der Waals surface area contributed by atoms with E-state index in [-0.39, 0.29) is 6.15 Å². The number of carboxylic acids is 2. The minimum absolute atomic E-state index is 0. The molecule has 0 rings (SSSR count). The summed E-state index contributed by atoms with van der Waals surface area (Å²) in [6, 6.07) is 0. The Morgan fingerprint density at radius 1 is 0.700 bits per heavy atom. The Morgan fingerprint density at radius 3 is 1.00 bits per heavy atom. The van der Waals surface area contributed by atoms with Crippen molar-refractivity contribution in [3.05, 3.63) is 0 Å². The van der Waals surface area contributed by atoms with E-state index < -0.39 is 11.9 Å². The van der Waals surface area contributed by atoms with Crippen molar-refractivity contribution in [2.75, 3.05) is 26.2 Å². The van der Waals surface area contributed by atoms with Crippen LogP contribution in [0.25, 0.3) is 0 Å². The third kappa shape index (κ3) is 11.9. The van der Waals surface area contributed by atoms with E-state index in [0.29, 0.717) is 0 Å². The number of carbonyl (C=O) groups is 2. The van der Waals surface area contributed by atoms with Crippen molar-refractivity contribution in [2.45, 2.75) is 53.4 Å². The van der Waals surface area contributed by atoms with Crippen LogP contribution in [0.3, 0.4) is 0 Å². The molecule has 0 aromatic rings. The Hall–Kier alpha value is -1.14. The second-order valence-electron chi connectivity index (χ2n) is 4.81. The lowest BCUT2D eigenvalue weighted by molar-refractivity contribution is -0.928. The molecule has 0 aliphatic heterocycles. The molecule has 0 unspecified atom stereocenters. The van der Waals surface area contributed by atoms with Crippen LogP contribution in [0.4, 0.5) is 0 Å². The summed E-state index contributed by atoms with van der Waals surface area (Å²) in [6.45, 7) is 14.8. The van der Waals surface area contributed by atoms with Crippen LogP contribution in [0.5, 0.6) is 0 Å². The van der Waals surface area contributed by atoms with Crippen LogP contribution in [0.2, 0.25) is 0 Å². The number of carboxylic acid groups (broad SMARTS) is 2. The molecule has 0 heterocycles. The van der Waals surface area contributed by atoms with Crippen LogP contribution >= 0.6 is 0 Å². The lowest BCUT2D eigenvalue weighted by Crippen LogP contribution is -2.50. The largest absolute Gasteiger partial charge is 0.543 e. The minimum Gasteiger partial charge on any atom is -0.543 e. The van der Waals surface area contributed by atoms with Crippen molar-refractivity contribution in [3.63, 3.8) is 0 Å².